The molecule has 0 atom stereocenters. The molecule has 0 bridgehead atoms. The molecule has 26 heavy (non-hydrogen) atoms. The van der Waals surface area contributed by atoms with Crippen LogP contribution in [0.1, 0.15) is 50.5 Å². The molecule has 1 aliphatic carbocycles. The second-order valence-electron chi connectivity index (χ2n) is 6.98. The largest absolute Gasteiger partial charge is 0.473 e. The van der Waals surface area contributed by atoms with Gasteiger partial charge in [-0.05, 0) is 38.5 Å². The predicted octanol–water partition coefficient (Wildman–Crippen LogP) is 1.90. The Labute approximate surface area is 154 Å². The Morgan fingerprint density at radius 2 is 1.92 bits per heavy atom. The van der Waals surface area contributed by atoms with Crippen molar-refractivity contribution < 1.29 is 13.2 Å². The van der Waals surface area contributed by atoms with Crippen LogP contribution in [0.25, 0.3) is 0 Å². The quantitative estimate of drug-likeness (QED) is 0.832. The normalized spacial score (nSPS) is 20.5. The molecule has 142 valence electrons. The van der Waals surface area contributed by atoms with Gasteiger partial charge in [0.25, 0.3) is 0 Å². The van der Waals surface area contributed by atoms with E-state index in [0.717, 1.165) is 25.7 Å². The van der Waals surface area contributed by atoms with Crippen LogP contribution < -0.4 is 10.1 Å². The van der Waals surface area contributed by atoms with Crippen molar-refractivity contribution in [3.63, 3.8) is 0 Å². The Bertz CT molecular complexity index is 763. The molecule has 0 spiro atoms. The first kappa shape index (κ1) is 18.9. The third-order valence-corrected chi connectivity index (χ3v) is 6.26. The standard InChI is InChI=1S/C17H25N5O3S/c1-26(23,24)22-9-7-14(8-10-22)20-17-19-12-13(11-18)16(21-17)25-15-5-3-2-4-6-15/h12,14-15H,2-10H2,1H3,(H,19,20,21). The van der Waals surface area contributed by atoms with Crippen LogP contribution in [-0.2, 0) is 10.0 Å². The molecular weight excluding hydrogens is 354 g/mol. The van der Waals surface area contributed by atoms with Crippen molar-refractivity contribution in [1.29, 1.82) is 5.26 Å². The van der Waals surface area contributed by atoms with E-state index in [9.17, 15) is 13.7 Å². The van der Waals surface area contributed by atoms with Gasteiger partial charge in [0, 0.05) is 19.1 Å². The summed E-state index contributed by atoms with van der Waals surface area (Å²) in [5, 5.41) is 12.5. The average Bonchev–Trinajstić information content (AvgIpc) is 2.63. The number of sulfonamides is 1. The summed E-state index contributed by atoms with van der Waals surface area (Å²) in [4.78, 5) is 8.61. The van der Waals surface area contributed by atoms with E-state index in [1.165, 1.54) is 23.2 Å². The van der Waals surface area contributed by atoms with Gasteiger partial charge in [-0.3, -0.25) is 0 Å². The lowest BCUT2D eigenvalue weighted by molar-refractivity contribution is 0.148. The topological polar surface area (TPSA) is 108 Å². The van der Waals surface area contributed by atoms with Crippen molar-refractivity contribution in [2.24, 2.45) is 0 Å². The van der Waals surface area contributed by atoms with E-state index in [4.69, 9.17) is 4.74 Å². The maximum absolute atomic E-state index is 11.6. The van der Waals surface area contributed by atoms with Crippen molar-refractivity contribution in [3.8, 4) is 11.9 Å². The molecule has 1 saturated carbocycles. The summed E-state index contributed by atoms with van der Waals surface area (Å²) in [7, 11) is -3.14. The lowest BCUT2D eigenvalue weighted by Crippen LogP contribution is -2.42. The maximum Gasteiger partial charge on any atom is 0.236 e. The van der Waals surface area contributed by atoms with Crippen molar-refractivity contribution in [1.82, 2.24) is 14.3 Å². The minimum absolute atomic E-state index is 0.100. The van der Waals surface area contributed by atoms with Gasteiger partial charge in [-0.2, -0.15) is 10.2 Å². The number of nitrogens with one attached hydrogen (secondary N) is 1. The Morgan fingerprint density at radius 3 is 2.54 bits per heavy atom. The van der Waals surface area contributed by atoms with Crippen LogP contribution >= 0.6 is 0 Å². The Kier molecular flexibility index (Phi) is 5.94. The molecule has 8 nitrogen and oxygen atoms in total. The molecule has 1 aromatic rings. The number of ether oxygens (including phenoxy) is 1. The zero-order valence-electron chi connectivity index (χ0n) is 15.0. The highest BCUT2D eigenvalue weighted by atomic mass is 32.2. The number of anilines is 1. The van der Waals surface area contributed by atoms with E-state index >= 15 is 0 Å². The van der Waals surface area contributed by atoms with Crippen LogP contribution in [0.2, 0.25) is 0 Å². The highest BCUT2D eigenvalue weighted by Crippen LogP contribution is 2.25. The van der Waals surface area contributed by atoms with E-state index in [2.05, 4.69) is 21.4 Å². The predicted molar refractivity (Wildman–Crippen MR) is 97.3 cm³/mol. The molecule has 2 aliphatic rings. The summed E-state index contributed by atoms with van der Waals surface area (Å²) in [6.45, 7) is 0.969. The fourth-order valence-electron chi connectivity index (χ4n) is 3.46. The number of hydrogen-bond acceptors (Lipinski definition) is 7. The molecule has 0 amide bonds. The van der Waals surface area contributed by atoms with Crippen LogP contribution in [0.4, 0.5) is 5.95 Å². The number of nitrogens with zero attached hydrogens (tertiary/aromatic N) is 4. The second kappa shape index (κ2) is 8.18. The van der Waals surface area contributed by atoms with Gasteiger partial charge in [-0.25, -0.2) is 17.7 Å². The second-order valence-corrected chi connectivity index (χ2v) is 8.97. The molecule has 1 N–H and O–H groups in total. The van der Waals surface area contributed by atoms with E-state index in [1.807, 2.05) is 0 Å². The van der Waals surface area contributed by atoms with Crippen LogP contribution in [-0.4, -0.2) is 54.2 Å². The number of aromatic nitrogens is 2. The van der Waals surface area contributed by atoms with Gasteiger partial charge in [0.1, 0.15) is 17.7 Å². The van der Waals surface area contributed by atoms with Crippen molar-refractivity contribution in [2.75, 3.05) is 24.7 Å². The third kappa shape index (κ3) is 4.83. The third-order valence-electron chi connectivity index (χ3n) is 4.96. The molecule has 3 rings (SSSR count). The zero-order chi connectivity index (χ0) is 18.6. The van der Waals surface area contributed by atoms with Crippen LogP contribution in [0, 0.1) is 11.3 Å². The Hall–Kier alpha value is -1.92. The van der Waals surface area contributed by atoms with Gasteiger partial charge >= 0.3 is 0 Å². The molecule has 0 aromatic carbocycles. The summed E-state index contributed by atoms with van der Waals surface area (Å²) < 4.78 is 30.6. The van der Waals surface area contributed by atoms with Gasteiger partial charge in [0.2, 0.25) is 21.9 Å². The molecule has 0 unspecified atom stereocenters. The smallest absolute Gasteiger partial charge is 0.236 e. The van der Waals surface area contributed by atoms with Gasteiger partial charge in [-0.15, -0.1) is 0 Å². The SMILES string of the molecule is CS(=O)(=O)N1CCC(Nc2ncc(C#N)c(OC3CCCCC3)n2)CC1. The summed E-state index contributed by atoms with van der Waals surface area (Å²) in [6.07, 6.45) is 9.69. The number of rotatable bonds is 5. The van der Waals surface area contributed by atoms with Gasteiger partial charge < -0.3 is 10.1 Å². The summed E-state index contributed by atoms with van der Waals surface area (Å²) in [6, 6.07) is 2.19. The first-order valence-corrected chi connectivity index (χ1v) is 11.0. The van der Waals surface area contributed by atoms with E-state index in [0.29, 0.717) is 43.3 Å². The van der Waals surface area contributed by atoms with Crippen LogP contribution in [0.5, 0.6) is 5.88 Å². The number of hydrogen-bond donors (Lipinski definition) is 1. The van der Waals surface area contributed by atoms with Gasteiger partial charge in [-0.1, -0.05) is 6.42 Å². The first-order chi connectivity index (χ1) is 12.5. The zero-order valence-corrected chi connectivity index (χ0v) is 15.8. The summed E-state index contributed by atoms with van der Waals surface area (Å²) in [5.74, 6) is 0.762. The van der Waals surface area contributed by atoms with E-state index in [-0.39, 0.29) is 12.1 Å². The van der Waals surface area contributed by atoms with Crippen LogP contribution in [0.15, 0.2) is 6.20 Å². The molecule has 1 saturated heterocycles. The summed E-state index contributed by atoms with van der Waals surface area (Å²) >= 11 is 0. The average molecular weight is 379 g/mol. The number of nitriles is 1. The molecule has 2 heterocycles. The number of piperidine rings is 1. The molecular formula is C17H25N5O3S. The molecule has 2 fully saturated rings. The maximum atomic E-state index is 11.6. The Balaban J connectivity index is 1.63. The molecule has 9 heteroatoms. The van der Waals surface area contributed by atoms with Crippen molar-refractivity contribution in [3.05, 3.63) is 11.8 Å². The lowest BCUT2D eigenvalue weighted by atomic mass is 9.98. The molecule has 0 radical (unpaired) electrons. The van der Waals surface area contributed by atoms with Gasteiger partial charge in [0.05, 0.1) is 12.5 Å². The monoisotopic (exact) mass is 379 g/mol. The summed E-state index contributed by atoms with van der Waals surface area (Å²) in [5.41, 5.74) is 0.341. The minimum atomic E-state index is -3.14. The van der Waals surface area contributed by atoms with Crippen molar-refractivity contribution >= 4 is 16.0 Å². The van der Waals surface area contributed by atoms with Gasteiger partial charge in [0.15, 0.2) is 0 Å². The molecule has 1 aromatic heterocycles. The highest BCUT2D eigenvalue weighted by Gasteiger charge is 2.25. The fourth-order valence-corrected chi connectivity index (χ4v) is 4.33. The molecule has 1 aliphatic heterocycles. The lowest BCUT2D eigenvalue weighted by Gasteiger charge is -2.30. The van der Waals surface area contributed by atoms with E-state index < -0.39 is 10.0 Å². The highest BCUT2D eigenvalue weighted by molar-refractivity contribution is 7.88. The fraction of sp³-hybridized carbons (Fsp3) is 0.706. The van der Waals surface area contributed by atoms with Crippen molar-refractivity contribution in [2.45, 2.75) is 57.1 Å². The Morgan fingerprint density at radius 1 is 1.23 bits per heavy atom. The van der Waals surface area contributed by atoms with E-state index in [1.54, 1.807) is 0 Å². The minimum Gasteiger partial charge on any atom is -0.473 e. The van der Waals surface area contributed by atoms with Crippen LogP contribution in [0.3, 0.4) is 0 Å². The first-order valence-electron chi connectivity index (χ1n) is 9.11.